The van der Waals surface area contributed by atoms with E-state index < -0.39 is 10.0 Å². The maximum atomic E-state index is 13.1. The first-order valence-corrected chi connectivity index (χ1v) is 13.3. The first kappa shape index (κ1) is 25.2. The molecular weight excluding hydrogens is 466 g/mol. The third-order valence-corrected chi connectivity index (χ3v) is 8.61. The number of carbonyl (C=O) groups is 2. The number of benzene rings is 2. The molecule has 1 N–H and O–H groups in total. The van der Waals surface area contributed by atoms with Gasteiger partial charge in [-0.2, -0.15) is 4.31 Å². The van der Waals surface area contributed by atoms with E-state index in [9.17, 15) is 18.0 Å². The molecule has 2 amide bonds. The van der Waals surface area contributed by atoms with Crippen LogP contribution in [0.25, 0.3) is 0 Å². The van der Waals surface area contributed by atoms with Gasteiger partial charge in [0.05, 0.1) is 4.90 Å². The number of rotatable bonds is 5. The molecule has 2 aliphatic rings. The normalized spacial score (nSPS) is 17.9. The number of hydrogen-bond donors (Lipinski definition) is 1. The number of nitrogens with zero attached hydrogens (tertiary/aromatic N) is 4. The van der Waals surface area contributed by atoms with E-state index in [4.69, 9.17) is 0 Å². The average Bonchev–Trinajstić information content (AvgIpc) is 2.85. The van der Waals surface area contributed by atoms with Gasteiger partial charge in [0.1, 0.15) is 0 Å². The summed E-state index contributed by atoms with van der Waals surface area (Å²) in [5.74, 6) is -0.428. The van der Waals surface area contributed by atoms with Crippen molar-refractivity contribution in [3.8, 4) is 0 Å². The van der Waals surface area contributed by atoms with Gasteiger partial charge in [-0.25, -0.2) is 8.42 Å². The summed E-state index contributed by atoms with van der Waals surface area (Å²) in [7, 11) is -1.64. The van der Waals surface area contributed by atoms with Crippen molar-refractivity contribution in [2.24, 2.45) is 0 Å². The van der Waals surface area contributed by atoms with E-state index in [1.165, 1.54) is 23.4 Å². The Bertz CT molecular complexity index is 1200. The van der Waals surface area contributed by atoms with E-state index in [1.807, 2.05) is 25.1 Å². The Balaban J connectivity index is 1.44. The summed E-state index contributed by atoms with van der Waals surface area (Å²) < 4.78 is 27.6. The van der Waals surface area contributed by atoms with Gasteiger partial charge in [-0.1, -0.05) is 6.07 Å². The van der Waals surface area contributed by atoms with Crippen LogP contribution in [0, 0.1) is 6.92 Å². The van der Waals surface area contributed by atoms with Crippen molar-refractivity contribution < 1.29 is 18.0 Å². The monoisotopic (exact) mass is 499 g/mol. The van der Waals surface area contributed by atoms with Gasteiger partial charge in [-0.3, -0.25) is 9.59 Å². The second-order valence-corrected chi connectivity index (χ2v) is 11.1. The number of carbonyl (C=O) groups excluding carboxylic acids is 2. The number of likely N-dealkylation sites (N-methyl/N-ethyl adjacent to an activating group) is 1. The number of anilines is 2. The molecule has 9 nitrogen and oxygen atoms in total. The number of sulfonamides is 1. The summed E-state index contributed by atoms with van der Waals surface area (Å²) >= 11 is 0. The van der Waals surface area contributed by atoms with Crippen molar-refractivity contribution in [2.45, 2.75) is 18.7 Å². The lowest BCUT2D eigenvalue weighted by molar-refractivity contribution is -0.129. The van der Waals surface area contributed by atoms with Crippen LogP contribution in [-0.2, 0) is 14.8 Å². The molecule has 2 aromatic carbocycles. The van der Waals surface area contributed by atoms with Gasteiger partial charge in [-0.15, -0.1) is 0 Å². The summed E-state index contributed by atoms with van der Waals surface area (Å²) in [5.41, 5.74) is 3.18. The molecule has 0 saturated carbocycles. The summed E-state index contributed by atoms with van der Waals surface area (Å²) in [6, 6.07) is 11.9. The average molecular weight is 500 g/mol. The predicted octanol–water partition coefficient (Wildman–Crippen LogP) is 1.85. The van der Waals surface area contributed by atoms with Crippen LogP contribution in [0.2, 0.25) is 0 Å². The van der Waals surface area contributed by atoms with Crippen molar-refractivity contribution in [3.05, 3.63) is 53.6 Å². The Morgan fingerprint density at radius 1 is 0.886 bits per heavy atom. The lowest BCUT2D eigenvalue weighted by atomic mass is 10.1. The standard InChI is InChI=1S/C25H33N5O4S/c1-19-17-22(7-8-24(19)29-11-9-27(3)10-12-29)26-25(32)21-5-4-6-23(18-21)35(33,34)30-15-13-28(14-16-30)20(2)31/h4-8,17-18H,9-16H2,1-3H3,(H,26,32). The maximum absolute atomic E-state index is 13.1. The lowest BCUT2D eigenvalue weighted by Crippen LogP contribution is -2.49. The van der Waals surface area contributed by atoms with E-state index in [0.717, 1.165) is 37.4 Å². The van der Waals surface area contributed by atoms with E-state index >= 15 is 0 Å². The van der Waals surface area contributed by atoms with Crippen molar-refractivity contribution >= 4 is 33.2 Å². The minimum Gasteiger partial charge on any atom is -0.369 e. The van der Waals surface area contributed by atoms with Crippen molar-refractivity contribution in [1.82, 2.24) is 14.1 Å². The van der Waals surface area contributed by atoms with Gasteiger partial charge < -0.3 is 20.0 Å². The van der Waals surface area contributed by atoms with Crippen LogP contribution in [0.1, 0.15) is 22.8 Å². The maximum Gasteiger partial charge on any atom is 0.255 e. The zero-order valence-corrected chi connectivity index (χ0v) is 21.3. The highest BCUT2D eigenvalue weighted by Gasteiger charge is 2.29. The molecule has 10 heteroatoms. The topological polar surface area (TPSA) is 93.3 Å². The van der Waals surface area contributed by atoms with Gasteiger partial charge in [0.25, 0.3) is 5.91 Å². The Morgan fingerprint density at radius 2 is 1.57 bits per heavy atom. The molecule has 0 radical (unpaired) electrons. The van der Waals surface area contributed by atoms with Crippen molar-refractivity contribution in [2.75, 3.05) is 69.6 Å². The van der Waals surface area contributed by atoms with Gasteiger partial charge >= 0.3 is 0 Å². The quantitative estimate of drug-likeness (QED) is 0.675. The fourth-order valence-electron chi connectivity index (χ4n) is 4.53. The fourth-order valence-corrected chi connectivity index (χ4v) is 6.00. The van der Waals surface area contributed by atoms with Gasteiger partial charge in [-0.05, 0) is 55.9 Å². The highest BCUT2D eigenvalue weighted by Crippen LogP contribution is 2.25. The molecule has 2 aromatic rings. The molecular formula is C25H33N5O4S. The third-order valence-electron chi connectivity index (χ3n) is 6.72. The third kappa shape index (κ3) is 5.66. The summed E-state index contributed by atoms with van der Waals surface area (Å²) in [6.45, 7) is 8.66. The Labute approximate surface area is 207 Å². The highest BCUT2D eigenvalue weighted by atomic mass is 32.2. The Hall–Kier alpha value is -2.95. The Kier molecular flexibility index (Phi) is 7.44. The molecule has 35 heavy (non-hydrogen) atoms. The van der Waals surface area contributed by atoms with Crippen LogP contribution >= 0.6 is 0 Å². The number of amides is 2. The molecule has 0 spiro atoms. The molecule has 188 valence electrons. The van der Waals surface area contributed by atoms with Gasteiger partial charge in [0.2, 0.25) is 15.9 Å². The largest absolute Gasteiger partial charge is 0.369 e. The summed E-state index contributed by atoms with van der Waals surface area (Å²) in [4.78, 5) is 30.8. The molecule has 0 aromatic heterocycles. The predicted molar refractivity (Wildman–Crippen MR) is 136 cm³/mol. The minimum atomic E-state index is -3.76. The molecule has 2 aliphatic heterocycles. The van der Waals surface area contributed by atoms with Crippen molar-refractivity contribution in [3.63, 3.8) is 0 Å². The molecule has 2 fully saturated rings. The highest BCUT2D eigenvalue weighted by molar-refractivity contribution is 7.89. The number of hydrogen-bond acceptors (Lipinski definition) is 6. The molecule has 2 saturated heterocycles. The van der Waals surface area contributed by atoms with Crippen LogP contribution in [0.5, 0.6) is 0 Å². The van der Waals surface area contributed by atoms with E-state index in [-0.39, 0.29) is 35.4 Å². The Morgan fingerprint density at radius 3 is 2.20 bits per heavy atom. The smallest absolute Gasteiger partial charge is 0.255 e. The van der Waals surface area contributed by atoms with Gasteiger partial charge in [0.15, 0.2) is 0 Å². The van der Waals surface area contributed by atoms with Crippen LogP contribution in [0.3, 0.4) is 0 Å². The molecule has 0 atom stereocenters. The molecule has 4 rings (SSSR count). The molecule has 0 aliphatic carbocycles. The summed E-state index contributed by atoms with van der Waals surface area (Å²) in [6.07, 6.45) is 0. The fraction of sp³-hybridized carbons (Fsp3) is 0.440. The summed E-state index contributed by atoms with van der Waals surface area (Å²) in [5, 5.41) is 2.89. The van der Waals surface area contributed by atoms with Crippen LogP contribution in [0.4, 0.5) is 11.4 Å². The number of piperazine rings is 2. The van der Waals surface area contributed by atoms with Crippen molar-refractivity contribution in [1.29, 1.82) is 0 Å². The second-order valence-electron chi connectivity index (χ2n) is 9.18. The lowest BCUT2D eigenvalue weighted by Gasteiger charge is -2.35. The number of aryl methyl sites for hydroxylation is 1. The minimum absolute atomic E-state index is 0.0625. The van der Waals surface area contributed by atoms with Gasteiger partial charge in [0, 0.05) is 76.2 Å². The van der Waals surface area contributed by atoms with E-state index in [0.29, 0.717) is 18.8 Å². The number of nitrogens with one attached hydrogen (secondary N) is 1. The zero-order chi connectivity index (χ0) is 25.2. The molecule has 0 unspecified atom stereocenters. The first-order valence-electron chi connectivity index (χ1n) is 11.9. The molecule has 2 heterocycles. The first-order chi connectivity index (χ1) is 16.6. The van der Waals surface area contributed by atoms with Crippen LogP contribution < -0.4 is 10.2 Å². The second kappa shape index (κ2) is 10.3. The van der Waals surface area contributed by atoms with Crippen LogP contribution in [0.15, 0.2) is 47.4 Å². The SMILES string of the molecule is CC(=O)N1CCN(S(=O)(=O)c2cccc(C(=O)Nc3ccc(N4CCN(C)CC4)c(C)c3)c2)CC1. The van der Waals surface area contributed by atoms with E-state index in [2.05, 4.69) is 22.2 Å². The van der Waals surface area contributed by atoms with Crippen LogP contribution in [-0.4, -0.2) is 93.7 Å². The zero-order valence-electron chi connectivity index (χ0n) is 20.5. The molecule has 0 bridgehead atoms. The van der Waals surface area contributed by atoms with E-state index in [1.54, 1.807) is 17.0 Å².